The van der Waals surface area contributed by atoms with Crippen LogP contribution in [-0.2, 0) is 9.59 Å². The summed E-state index contributed by atoms with van der Waals surface area (Å²) in [6.45, 7) is 3.57. The monoisotopic (exact) mass is 312 g/mol. The highest BCUT2D eigenvalue weighted by Crippen LogP contribution is 2.31. The fourth-order valence-electron chi connectivity index (χ4n) is 2.93. The third-order valence-corrected chi connectivity index (χ3v) is 4.58. The highest BCUT2D eigenvalue weighted by Gasteiger charge is 2.34. The lowest BCUT2D eigenvalue weighted by Crippen LogP contribution is -2.46. The molecule has 23 heavy (non-hydrogen) atoms. The summed E-state index contributed by atoms with van der Waals surface area (Å²) in [6, 6.07) is 8.24. The second kappa shape index (κ2) is 6.99. The zero-order chi connectivity index (χ0) is 16.2. The van der Waals surface area contributed by atoms with Crippen molar-refractivity contribution >= 4 is 17.9 Å². The third kappa shape index (κ3) is 4.44. The van der Waals surface area contributed by atoms with E-state index in [2.05, 4.69) is 5.32 Å². The lowest BCUT2D eigenvalue weighted by molar-refractivity contribution is -0.133. The number of carbonyl (C=O) groups is 2. The lowest BCUT2D eigenvalue weighted by Gasteiger charge is -2.32. The molecular formula is C19H24N2O2. The van der Waals surface area contributed by atoms with Gasteiger partial charge in [0.15, 0.2) is 0 Å². The van der Waals surface area contributed by atoms with Crippen LogP contribution in [0, 0.1) is 12.8 Å². The molecule has 1 saturated carbocycles. The van der Waals surface area contributed by atoms with E-state index < -0.39 is 0 Å². The molecule has 2 aliphatic rings. The van der Waals surface area contributed by atoms with Crippen molar-refractivity contribution in [2.75, 3.05) is 13.1 Å². The maximum Gasteiger partial charge on any atom is 0.244 e. The quantitative estimate of drug-likeness (QED) is 0.869. The Morgan fingerprint density at radius 3 is 2.35 bits per heavy atom. The van der Waals surface area contributed by atoms with E-state index in [1.165, 1.54) is 5.56 Å². The maximum atomic E-state index is 12.0. The minimum absolute atomic E-state index is 0.0578. The molecule has 122 valence electrons. The van der Waals surface area contributed by atoms with Gasteiger partial charge in [0.2, 0.25) is 11.8 Å². The fourth-order valence-corrected chi connectivity index (χ4v) is 2.93. The Balaban J connectivity index is 1.43. The first-order valence-electron chi connectivity index (χ1n) is 8.46. The van der Waals surface area contributed by atoms with Crippen molar-refractivity contribution in [2.24, 2.45) is 5.92 Å². The number of hydrogen-bond acceptors (Lipinski definition) is 2. The number of carbonyl (C=O) groups excluding carboxylic acids is 2. The van der Waals surface area contributed by atoms with E-state index in [0.29, 0.717) is 11.8 Å². The molecule has 0 bridgehead atoms. The molecule has 1 aromatic carbocycles. The van der Waals surface area contributed by atoms with Crippen LogP contribution in [-0.4, -0.2) is 35.8 Å². The molecule has 0 aromatic heterocycles. The van der Waals surface area contributed by atoms with Gasteiger partial charge in [0, 0.05) is 31.1 Å². The fraction of sp³-hybridized carbons (Fsp3) is 0.474. The first-order chi connectivity index (χ1) is 11.1. The van der Waals surface area contributed by atoms with Crippen LogP contribution in [0.15, 0.2) is 30.3 Å². The molecule has 4 heteroatoms. The van der Waals surface area contributed by atoms with Crippen molar-refractivity contribution in [1.29, 1.82) is 0 Å². The van der Waals surface area contributed by atoms with Gasteiger partial charge >= 0.3 is 0 Å². The second-order valence-corrected chi connectivity index (χ2v) is 6.63. The number of likely N-dealkylation sites (tertiary alicyclic amines) is 1. The number of nitrogens with one attached hydrogen (secondary N) is 1. The summed E-state index contributed by atoms with van der Waals surface area (Å²) in [6.07, 6.45) is 7.23. The number of piperidine rings is 1. The number of nitrogens with zero attached hydrogens (tertiary/aromatic N) is 1. The molecule has 2 fully saturated rings. The zero-order valence-electron chi connectivity index (χ0n) is 13.6. The van der Waals surface area contributed by atoms with Gasteiger partial charge in [0.1, 0.15) is 0 Å². The van der Waals surface area contributed by atoms with E-state index in [0.717, 1.165) is 44.3 Å². The molecule has 1 N–H and O–H groups in total. The summed E-state index contributed by atoms with van der Waals surface area (Å²) in [4.78, 5) is 26.0. The number of amides is 2. The van der Waals surface area contributed by atoms with E-state index in [4.69, 9.17) is 0 Å². The van der Waals surface area contributed by atoms with Gasteiger partial charge in [0.05, 0.1) is 0 Å². The standard InChI is InChI=1S/C19H24N2O2/c1-14-2-4-15(5-3-14)6-9-18(22)20-17-10-12-21(13-11-17)19(23)16-7-8-16/h2-6,9,16-17H,7-8,10-13H2,1H3,(H,20,22)/b9-6+. The number of aryl methyl sites for hydroxylation is 1. The van der Waals surface area contributed by atoms with E-state index in [1.807, 2.05) is 42.2 Å². The predicted octanol–water partition coefficient (Wildman–Crippen LogP) is 2.53. The Labute approximate surface area is 137 Å². The highest BCUT2D eigenvalue weighted by molar-refractivity contribution is 5.92. The minimum atomic E-state index is -0.0578. The highest BCUT2D eigenvalue weighted by atomic mass is 16.2. The van der Waals surface area contributed by atoms with Gasteiger partial charge in [-0.1, -0.05) is 29.8 Å². The van der Waals surface area contributed by atoms with Crippen LogP contribution in [0.5, 0.6) is 0 Å². The molecule has 1 aliphatic heterocycles. The van der Waals surface area contributed by atoms with Crippen LogP contribution in [0.1, 0.15) is 36.8 Å². The first-order valence-corrected chi connectivity index (χ1v) is 8.46. The largest absolute Gasteiger partial charge is 0.350 e. The summed E-state index contributed by atoms with van der Waals surface area (Å²) >= 11 is 0. The van der Waals surface area contributed by atoms with Crippen LogP contribution in [0.2, 0.25) is 0 Å². The van der Waals surface area contributed by atoms with E-state index in [-0.39, 0.29) is 11.9 Å². The molecule has 1 saturated heterocycles. The van der Waals surface area contributed by atoms with E-state index >= 15 is 0 Å². The molecule has 1 heterocycles. The zero-order valence-corrected chi connectivity index (χ0v) is 13.6. The normalized spacial score (nSPS) is 19.1. The van der Waals surface area contributed by atoms with Gasteiger partial charge in [-0.15, -0.1) is 0 Å². The van der Waals surface area contributed by atoms with Crippen molar-refractivity contribution in [2.45, 2.75) is 38.6 Å². The molecule has 0 atom stereocenters. The minimum Gasteiger partial charge on any atom is -0.350 e. The van der Waals surface area contributed by atoms with Crippen molar-refractivity contribution < 1.29 is 9.59 Å². The van der Waals surface area contributed by atoms with Gasteiger partial charge in [-0.3, -0.25) is 9.59 Å². The van der Waals surface area contributed by atoms with Crippen molar-refractivity contribution in [3.63, 3.8) is 0 Å². The summed E-state index contributed by atoms with van der Waals surface area (Å²) in [5, 5.41) is 3.04. The van der Waals surface area contributed by atoms with Crippen LogP contribution in [0.3, 0.4) is 0 Å². The summed E-state index contributed by atoms with van der Waals surface area (Å²) < 4.78 is 0. The van der Waals surface area contributed by atoms with Crippen molar-refractivity contribution in [3.05, 3.63) is 41.5 Å². The first kappa shape index (κ1) is 15.8. The van der Waals surface area contributed by atoms with Crippen molar-refractivity contribution in [1.82, 2.24) is 10.2 Å². The average molecular weight is 312 g/mol. The Bertz CT molecular complexity index is 594. The predicted molar refractivity (Wildman–Crippen MR) is 90.7 cm³/mol. The molecule has 4 nitrogen and oxygen atoms in total. The van der Waals surface area contributed by atoms with Crippen LogP contribution in [0.4, 0.5) is 0 Å². The molecule has 3 rings (SSSR count). The number of rotatable bonds is 4. The van der Waals surface area contributed by atoms with Crippen molar-refractivity contribution in [3.8, 4) is 0 Å². The van der Waals surface area contributed by atoms with Crippen LogP contribution >= 0.6 is 0 Å². The Kier molecular flexibility index (Phi) is 4.79. The number of hydrogen-bond donors (Lipinski definition) is 1. The number of benzene rings is 1. The van der Waals surface area contributed by atoms with Crippen LogP contribution in [0.25, 0.3) is 6.08 Å². The molecule has 0 spiro atoms. The summed E-state index contributed by atoms with van der Waals surface area (Å²) in [5.41, 5.74) is 2.23. The molecule has 0 radical (unpaired) electrons. The molecule has 1 aromatic rings. The van der Waals surface area contributed by atoms with Gasteiger partial charge in [-0.05, 0) is 44.2 Å². The molecule has 0 unspecified atom stereocenters. The maximum absolute atomic E-state index is 12.0. The summed E-state index contributed by atoms with van der Waals surface area (Å²) in [7, 11) is 0. The van der Waals surface area contributed by atoms with Gasteiger partial charge in [-0.2, -0.15) is 0 Å². The molecule has 2 amide bonds. The SMILES string of the molecule is Cc1ccc(/C=C/C(=O)NC2CCN(C(=O)C3CC3)CC2)cc1. The van der Waals surface area contributed by atoms with E-state index in [1.54, 1.807) is 6.08 Å². The smallest absolute Gasteiger partial charge is 0.244 e. The molecule has 1 aliphatic carbocycles. The average Bonchev–Trinajstić information content (AvgIpc) is 3.39. The second-order valence-electron chi connectivity index (χ2n) is 6.63. The molecular weight excluding hydrogens is 288 g/mol. The third-order valence-electron chi connectivity index (χ3n) is 4.58. The van der Waals surface area contributed by atoms with Crippen LogP contribution < -0.4 is 5.32 Å². The van der Waals surface area contributed by atoms with Gasteiger partial charge in [-0.25, -0.2) is 0 Å². The topological polar surface area (TPSA) is 49.4 Å². The Hall–Kier alpha value is -2.10. The van der Waals surface area contributed by atoms with Gasteiger partial charge < -0.3 is 10.2 Å². The van der Waals surface area contributed by atoms with E-state index in [9.17, 15) is 9.59 Å². The Morgan fingerprint density at radius 1 is 1.09 bits per heavy atom. The van der Waals surface area contributed by atoms with Gasteiger partial charge in [0.25, 0.3) is 0 Å². The Morgan fingerprint density at radius 2 is 1.74 bits per heavy atom. The summed E-state index contributed by atoms with van der Waals surface area (Å²) in [5.74, 6) is 0.546. The lowest BCUT2D eigenvalue weighted by atomic mass is 10.0.